The largest absolute Gasteiger partial charge is 0.356 e. The molecule has 0 radical (unpaired) electrons. The topological polar surface area (TPSA) is 61.4 Å². The average molecular weight is 243 g/mol. The summed E-state index contributed by atoms with van der Waals surface area (Å²) >= 11 is 0. The fourth-order valence-electron chi connectivity index (χ4n) is 1.21. The SMILES string of the molecule is CC(C)CNC(=O)CC(=O)NCCCN(C)C. The van der Waals surface area contributed by atoms with Crippen LogP contribution in [0.25, 0.3) is 0 Å². The first-order valence-corrected chi connectivity index (χ1v) is 6.10. The second-order valence-electron chi connectivity index (χ2n) is 4.88. The van der Waals surface area contributed by atoms with Gasteiger partial charge in [0.1, 0.15) is 6.42 Å². The van der Waals surface area contributed by atoms with E-state index in [2.05, 4.69) is 15.5 Å². The van der Waals surface area contributed by atoms with Gasteiger partial charge < -0.3 is 15.5 Å². The fraction of sp³-hybridized carbons (Fsp3) is 0.833. The Labute approximate surface area is 104 Å². The Bertz CT molecular complexity index is 240. The summed E-state index contributed by atoms with van der Waals surface area (Å²) in [6.45, 7) is 6.20. The van der Waals surface area contributed by atoms with Crippen LogP contribution < -0.4 is 10.6 Å². The van der Waals surface area contributed by atoms with Crippen LogP contribution in [0, 0.1) is 5.92 Å². The van der Waals surface area contributed by atoms with Crippen molar-refractivity contribution >= 4 is 11.8 Å². The van der Waals surface area contributed by atoms with Gasteiger partial charge in [0.25, 0.3) is 0 Å². The van der Waals surface area contributed by atoms with Crippen molar-refractivity contribution in [3.05, 3.63) is 0 Å². The second-order valence-corrected chi connectivity index (χ2v) is 4.88. The minimum atomic E-state index is -0.205. The van der Waals surface area contributed by atoms with Gasteiger partial charge >= 0.3 is 0 Å². The third-order valence-corrected chi connectivity index (χ3v) is 2.13. The molecule has 0 aliphatic carbocycles. The number of carbonyl (C=O) groups is 2. The van der Waals surface area contributed by atoms with E-state index in [0.717, 1.165) is 13.0 Å². The zero-order chi connectivity index (χ0) is 13.3. The average Bonchev–Trinajstić information content (AvgIpc) is 2.21. The monoisotopic (exact) mass is 243 g/mol. The summed E-state index contributed by atoms with van der Waals surface area (Å²) in [6, 6.07) is 0. The van der Waals surface area contributed by atoms with Crippen molar-refractivity contribution in [3.8, 4) is 0 Å². The fourth-order valence-corrected chi connectivity index (χ4v) is 1.21. The molecule has 0 fully saturated rings. The molecule has 0 bridgehead atoms. The molecule has 0 saturated carbocycles. The number of carbonyl (C=O) groups excluding carboxylic acids is 2. The van der Waals surface area contributed by atoms with E-state index in [9.17, 15) is 9.59 Å². The lowest BCUT2D eigenvalue weighted by Crippen LogP contribution is -2.34. The summed E-state index contributed by atoms with van der Waals surface area (Å²) in [5.74, 6) is -0.00377. The predicted molar refractivity (Wildman–Crippen MR) is 68.6 cm³/mol. The minimum absolute atomic E-state index is 0.0747. The van der Waals surface area contributed by atoms with Crippen LogP contribution in [0.3, 0.4) is 0 Å². The summed E-state index contributed by atoms with van der Waals surface area (Å²) in [6.07, 6.45) is 0.820. The zero-order valence-electron chi connectivity index (χ0n) is 11.4. The maximum Gasteiger partial charge on any atom is 0.229 e. The third kappa shape index (κ3) is 11.2. The molecule has 100 valence electrons. The van der Waals surface area contributed by atoms with E-state index in [1.165, 1.54) is 0 Å². The number of amides is 2. The van der Waals surface area contributed by atoms with Crippen molar-refractivity contribution in [2.24, 2.45) is 5.92 Å². The molecule has 5 heteroatoms. The number of nitrogens with one attached hydrogen (secondary N) is 2. The second kappa shape index (κ2) is 8.98. The molecule has 0 aliphatic rings. The van der Waals surface area contributed by atoms with E-state index in [1.54, 1.807) is 0 Å². The molecule has 0 aromatic heterocycles. The van der Waals surface area contributed by atoms with E-state index in [1.807, 2.05) is 27.9 Å². The molecule has 0 saturated heterocycles. The Morgan fingerprint density at radius 2 is 1.71 bits per heavy atom. The van der Waals surface area contributed by atoms with Crippen LogP contribution in [0.2, 0.25) is 0 Å². The van der Waals surface area contributed by atoms with Gasteiger partial charge in [0.15, 0.2) is 0 Å². The van der Waals surface area contributed by atoms with Crippen molar-refractivity contribution in [3.63, 3.8) is 0 Å². The summed E-state index contributed by atoms with van der Waals surface area (Å²) in [5, 5.41) is 5.44. The summed E-state index contributed by atoms with van der Waals surface area (Å²) in [7, 11) is 3.97. The Hall–Kier alpha value is -1.10. The van der Waals surface area contributed by atoms with E-state index >= 15 is 0 Å². The molecule has 0 atom stereocenters. The molecule has 2 N–H and O–H groups in total. The molecular weight excluding hydrogens is 218 g/mol. The molecule has 0 rings (SSSR count). The first kappa shape index (κ1) is 15.9. The molecular formula is C12H25N3O2. The molecule has 0 aromatic rings. The summed E-state index contributed by atoms with van der Waals surface area (Å²) in [4.78, 5) is 24.7. The van der Waals surface area contributed by atoms with Gasteiger partial charge in [-0.15, -0.1) is 0 Å². The van der Waals surface area contributed by atoms with Crippen LogP contribution in [0.15, 0.2) is 0 Å². The Kier molecular flexibility index (Phi) is 8.40. The van der Waals surface area contributed by atoms with Crippen molar-refractivity contribution < 1.29 is 9.59 Å². The summed E-state index contributed by atoms with van der Waals surface area (Å²) in [5.41, 5.74) is 0. The van der Waals surface area contributed by atoms with E-state index < -0.39 is 0 Å². The highest BCUT2D eigenvalue weighted by atomic mass is 16.2. The molecule has 0 spiro atoms. The van der Waals surface area contributed by atoms with Gasteiger partial charge in [-0.2, -0.15) is 0 Å². The number of rotatable bonds is 8. The van der Waals surface area contributed by atoms with Gasteiger partial charge in [-0.05, 0) is 33.0 Å². The molecule has 5 nitrogen and oxygen atoms in total. The highest BCUT2D eigenvalue weighted by Gasteiger charge is 2.08. The van der Waals surface area contributed by atoms with Gasteiger partial charge in [-0.1, -0.05) is 13.8 Å². The maximum atomic E-state index is 11.4. The molecule has 2 amide bonds. The standard InChI is InChI=1S/C12H25N3O2/c1-10(2)9-14-12(17)8-11(16)13-6-5-7-15(3)4/h10H,5-9H2,1-4H3,(H,13,16)(H,14,17). The molecule has 17 heavy (non-hydrogen) atoms. The van der Waals surface area contributed by atoms with Crippen molar-refractivity contribution in [1.29, 1.82) is 0 Å². The van der Waals surface area contributed by atoms with E-state index in [4.69, 9.17) is 0 Å². The van der Waals surface area contributed by atoms with Crippen LogP contribution in [0.4, 0.5) is 0 Å². The van der Waals surface area contributed by atoms with Gasteiger partial charge in [-0.3, -0.25) is 9.59 Å². The van der Waals surface area contributed by atoms with Crippen LogP contribution in [-0.4, -0.2) is 50.4 Å². The van der Waals surface area contributed by atoms with Crippen LogP contribution in [0.5, 0.6) is 0 Å². The number of hydrogen-bond acceptors (Lipinski definition) is 3. The molecule has 0 unspecified atom stereocenters. The third-order valence-electron chi connectivity index (χ3n) is 2.13. The van der Waals surface area contributed by atoms with Gasteiger partial charge in [0.2, 0.25) is 11.8 Å². The first-order valence-electron chi connectivity index (χ1n) is 6.10. The number of hydrogen-bond donors (Lipinski definition) is 2. The van der Waals surface area contributed by atoms with Crippen molar-refractivity contribution in [2.45, 2.75) is 26.7 Å². The quantitative estimate of drug-likeness (QED) is 0.473. The van der Waals surface area contributed by atoms with Gasteiger partial charge in [-0.25, -0.2) is 0 Å². The zero-order valence-corrected chi connectivity index (χ0v) is 11.4. The van der Waals surface area contributed by atoms with Crippen molar-refractivity contribution in [1.82, 2.24) is 15.5 Å². The van der Waals surface area contributed by atoms with Gasteiger partial charge in [0, 0.05) is 13.1 Å². The van der Waals surface area contributed by atoms with Crippen molar-refractivity contribution in [2.75, 3.05) is 33.7 Å². The maximum absolute atomic E-state index is 11.4. The van der Waals surface area contributed by atoms with Crippen LogP contribution >= 0.6 is 0 Å². The minimum Gasteiger partial charge on any atom is -0.356 e. The van der Waals surface area contributed by atoms with Gasteiger partial charge in [0.05, 0.1) is 0 Å². The lowest BCUT2D eigenvalue weighted by Gasteiger charge is -2.10. The lowest BCUT2D eigenvalue weighted by atomic mass is 10.2. The lowest BCUT2D eigenvalue weighted by molar-refractivity contribution is -0.129. The van der Waals surface area contributed by atoms with Crippen LogP contribution in [0.1, 0.15) is 26.7 Å². The highest BCUT2D eigenvalue weighted by molar-refractivity contribution is 5.96. The normalized spacial score (nSPS) is 10.7. The molecule has 0 aliphatic heterocycles. The summed E-state index contributed by atoms with van der Waals surface area (Å²) < 4.78 is 0. The van der Waals surface area contributed by atoms with E-state index in [0.29, 0.717) is 19.0 Å². The highest BCUT2D eigenvalue weighted by Crippen LogP contribution is 1.89. The first-order chi connectivity index (χ1) is 7.91. The number of nitrogens with zero attached hydrogens (tertiary/aromatic N) is 1. The predicted octanol–water partition coefficient (Wildman–Crippen LogP) is 0.217. The molecule has 0 heterocycles. The Morgan fingerprint density at radius 3 is 2.24 bits per heavy atom. The Balaban J connectivity index is 3.54. The molecule has 0 aromatic carbocycles. The Morgan fingerprint density at radius 1 is 1.12 bits per heavy atom. The smallest absolute Gasteiger partial charge is 0.229 e. The van der Waals surface area contributed by atoms with E-state index in [-0.39, 0.29) is 18.2 Å². The van der Waals surface area contributed by atoms with Crippen LogP contribution in [-0.2, 0) is 9.59 Å².